The minimum atomic E-state index is 0. The lowest BCUT2D eigenvalue weighted by atomic mass is 10.1. The van der Waals surface area contributed by atoms with Crippen LogP contribution in [0.2, 0.25) is 0 Å². The molecular weight excluding hydrogens is 465 g/mol. The molecule has 0 fully saturated rings. The molecule has 0 amide bonds. The highest BCUT2D eigenvalue weighted by Gasteiger charge is 2.06. The fourth-order valence-electron chi connectivity index (χ4n) is 2.71. The van der Waals surface area contributed by atoms with Crippen LogP contribution in [0.15, 0.2) is 59.6 Å². The van der Waals surface area contributed by atoms with E-state index >= 15 is 0 Å². The Balaban J connectivity index is 0.00000392. The van der Waals surface area contributed by atoms with Crippen LogP contribution < -0.4 is 10.6 Å². The highest BCUT2D eigenvalue weighted by atomic mass is 127. The van der Waals surface area contributed by atoms with Gasteiger partial charge < -0.3 is 20.1 Å². The Labute approximate surface area is 186 Å². The first-order chi connectivity index (χ1) is 13.2. The van der Waals surface area contributed by atoms with Crippen molar-refractivity contribution in [3.63, 3.8) is 0 Å². The Hall–Kier alpha value is -1.64. The average molecular weight is 497 g/mol. The van der Waals surface area contributed by atoms with E-state index in [4.69, 9.17) is 14.5 Å². The van der Waals surface area contributed by atoms with Crippen LogP contribution in [-0.2, 0) is 29.2 Å². The number of nitrogens with zero attached hydrogens (tertiary/aromatic N) is 1. The third-order valence-corrected chi connectivity index (χ3v) is 4.04. The maximum Gasteiger partial charge on any atom is 0.191 e. The van der Waals surface area contributed by atoms with E-state index in [-0.39, 0.29) is 30.0 Å². The van der Waals surface area contributed by atoms with Gasteiger partial charge in [0, 0.05) is 19.7 Å². The van der Waals surface area contributed by atoms with Gasteiger partial charge in [0.1, 0.15) is 0 Å². The molecule has 0 saturated heterocycles. The summed E-state index contributed by atoms with van der Waals surface area (Å²) in [5, 5.41) is 6.63. The quantitative estimate of drug-likeness (QED) is 0.295. The summed E-state index contributed by atoms with van der Waals surface area (Å²) in [6, 6.07) is 18.7. The number of benzene rings is 2. The van der Waals surface area contributed by atoms with E-state index in [0.29, 0.717) is 26.4 Å². The predicted molar refractivity (Wildman–Crippen MR) is 126 cm³/mol. The van der Waals surface area contributed by atoms with Gasteiger partial charge in [0.2, 0.25) is 0 Å². The van der Waals surface area contributed by atoms with Gasteiger partial charge >= 0.3 is 0 Å². The van der Waals surface area contributed by atoms with Gasteiger partial charge in [-0.2, -0.15) is 0 Å². The van der Waals surface area contributed by atoms with E-state index in [1.54, 1.807) is 7.11 Å². The molecule has 0 radical (unpaired) electrons. The van der Waals surface area contributed by atoms with Crippen molar-refractivity contribution in [2.75, 3.05) is 20.3 Å². The van der Waals surface area contributed by atoms with Crippen molar-refractivity contribution in [3.8, 4) is 0 Å². The average Bonchev–Trinajstić information content (AvgIpc) is 2.68. The van der Waals surface area contributed by atoms with Crippen molar-refractivity contribution in [2.24, 2.45) is 4.99 Å². The maximum atomic E-state index is 5.90. The van der Waals surface area contributed by atoms with Gasteiger partial charge in [-0.15, -0.1) is 24.0 Å². The number of halogens is 1. The lowest BCUT2D eigenvalue weighted by Gasteiger charge is -2.17. The Morgan fingerprint density at radius 2 is 1.68 bits per heavy atom. The summed E-state index contributed by atoms with van der Waals surface area (Å²) >= 11 is 0. The summed E-state index contributed by atoms with van der Waals surface area (Å²) in [5.74, 6) is 0.794. The molecule has 0 aliphatic heterocycles. The van der Waals surface area contributed by atoms with Gasteiger partial charge in [-0.25, -0.2) is 4.99 Å². The number of aliphatic imine (C=N–C) groups is 1. The summed E-state index contributed by atoms with van der Waals surface area (Å²) in [5.41, 5.74) is 3.51. The molecule has 0 bridgehead atoms. The maximum absolute atomic E-state index is 5.90. The van der Waals surface area contributed by atoms with Crippen LogP contribution in [0.5, 0.6) is 0 Å². The number of ether oxygens (including phenoxy) is 2. The molecule has 2 aromatic carbocycles. The molecule has 2 N–H and O–H groups in total. The Bertz CT molecular complexity index is 695. The molecule has 0 aliphatic rings. The summed E-state index contributed by atoms with van der Waals surface area (Å²) in [6.07, 6.45) is 0. The Morgan fingerprint density at radius 1 is 1.00 bits per heavy atom. The standard InChI is InChI=1S/C22H31N3O2.HI/c1-4-23-22(25-18(2)15-26-3)24-14-20-12-8-9-13-21(20)17-27-16-19-10-6-5-7-11-19;/h5-13,18H,4,14-17H2,1-3H3,(H2,23,24,25);1H. The first-order valence-electron chi connectivity index (χ1n) is 9.45. The number of rotatable bonds is 10. The third kappa shape index (κ3) is 9.03. The molecule has 6 heteroatoms. The lowest BCUT2D eigenvalue weighted by molar-refractivity contribution is 0.106. The Morgan fingerprint density at radius 3 is 2.36 bits per heavy atom. The number of methoxy groups -OCH3 is 1. The second-order valence-corrected chi connectivity index (χ2v) is 6.44. The van der Waals surface area contributed by atoms with E-state index in [0.717, 1.165) is 18.1 Å². The van der Waals surface area contributed by atoms with Gasteiger partial charge in [-0.05, 0) is 30.5 Å². The monoisotopic (exact) mass is 497 g/mol. The molecule has 1 unspecified atom stereocenters. The van der Waals surface area contributed by atoms with Crippen molar-refractivity contribution >= 4 is 29.9 Å². The highest BCUT2D eigenvalue weighted by Crippen LogP contribution is 2.13. The fourth-order valence-corrected chi connectivity index (χ4v) is 2.71. The minimum absolute atomic E-state index is 0. The molecular formula is C22H32IN3O2. The van der Waals surface area contributed by atoms with Crippen LogP contribution >= 0.6 is 24.0 Å². The lowest BCUT2D eigenvalue weighted by Crippen LogP contribution is -2.43. The molecule has 1 atom stereocenters. The molecule has 0 aliphatic carbocycles. The van der Waals surface area contributed by atoms with Crippen LogP contribution in [0.3, 0.4) is 0 Å². The molecule has 5 nitrogen and oxygen atoms in total. The number of guanidine groups is 1. The van der Waals surface area contributed by atoms with Crippen molar-refractivity contribution < 1.29 is 9.47 Å². The first-order valence-corrected chi connectivity index (χ1v) is 9.45. The first kappa shape index (κ1) is 24.4. The SMILES string of the molecule is CCNC(=NCc1ccccc1COCc1ccccc1)NC(C)COC.I. The van der Waals surface area contributed by atoms with Gasteiger partial charge in [-0.1, -0.05) is 54.6 Å². The molecule has 28 heavy (non-hydrogen) atoms. The smallest absolute Gasteiger partial charge is 0.191 e. The van der Waals surface area contributed by atoms with Gasteiger partial charge in [0.05, 0.1) is 26.4 Å². The van der Waals surface area contributed by atoms with E-state index in [1.165, 1.54) is 11.1 Å². The Kier molecular flexibility index (Phi) is 12.5. The summed E-state index contributed by atoms with van der Waals surface area (Å²) in [7, 11) is 1.70. The summed E-state index contributed by atoms with van der Waals surface area (Å²) in [4.78, 5) is 4.72. The van der Waals surface area contributed by atoms with Gasteiger partial charge in [-0.3, -0.25) is 0 Å². The van der Waals surface area contributed by atoms with Gasteiger partial charge in [0.15, 0.2) is 5.96 Å². The predicted octanol–water partition coefficient (Wildman–Crippen LogP) is 4.11. The van der Waals surface area contributed by atoms with Crippen molar-refractivity contribution in [2.45, 2.75) is 39.6 Å². The van der Waals surface area contributed by atoms with E-state index in [2.05, 4.69) is 48.7 Å². The zero-order valence-electron chi connectivity index (χ0n) is 17.0. The molecule has 0 heterocycles. The van der Waals surface area contributed by atoms with Crippen molar-refractivity contribution in [1.82, 2.24) is 10.6 Å². The third-order valence-electron chi connectivity index (χ3n) is 4.04. The minimum Gasteiger partial charge on any atom is -0.383 e. The number of nitrogens with one attached hydrogen (secondary N) is 2. The second kappa shape index (κ2) is 14.4. The largest absolute Gasteiger partial charge is 0.383 e. The van der Waals surface area contributed by atoms with E-state index in [9.17, 15) is 0 Å². The molecule has 0 aromatic heterocycles. The molecule has 2 aromatic rings. The van der Waals surface area contributed by atoms with Crippen LogP contribution in [0, 0.1) is 0 Å². The zero-order chi connectivity index (χ0) is 19.3. The second-order valence-electron chi connectivity index (χ2n) is 6.44. The fraction of sp³-hybridized carbons (Fsp3) is 0.409. The zero-order valence-corrected chi connectivity index (χ0v) is 19.3. The normalized spacial score (nSPS) is 12.2. The van der Waals surface area contributed by atoms with Crippen LogP contribution in [0.1, 0.15) is 30.5 Å². The van der Waals surface area contributed by atoms with E-state index in [1.807, 2.05) is 30.3 Å². The van der Waals surface area contributed by atoms with Crippen molar-refractivity contribution in [3.05, 3.63) is 71.3 Å². The number of hydrogen-bond donors (Lipinski definition) is 2. The summed E-state index contributed by atoms with van der Waals surface area (Å²) in [6.45, 7) is 7.36. The van der Waals surface area contributed by atoms with Crippen LogP contribution in [-0.4, -0.2) is 32.3 Å². The highest BCUT2D eigenvalue weighted by molar-refractivity contribution is 14.0. The van der Waals surface area contributed by atoms with E-state index < -0.39 is 0 Å². The summed E-state index contributed by atoms with van der Waals surface area (Å²) < 4.78 is 11.1. The molecule has 0 spiro atoms. The molecule has 154 valence electrons. The molecule has 2 rings (SSSR count). The molecule has 0 saturated carbocycles. The van der Waals surface area contributed by atoms with Crippen molar-refractivity contribution in [1.29, 1.82) is 0 Å². The van der Waals surface area contributed by atoms with Gasteiger partial charge in [0.25, 0.3) is 0 Å². The van der Waals surface area contributed by atoms with Crippen LogP contribution in [0.4, 0.5) is 0 Å². The number of hydrogen-bond acceptors (Lipinski definition) is 3. The van der Waals surface area contributed by atoms with Crippen LogP contribution in [0.25, 0.3) is 0 Å². The topological polar surface area (TPSA) is 54.9 Å².